The molecule has 8 heteroatoms. The van der Waals surface area contributed by atoms with Crippen molar-refractivity contribution in [3.63, 3.8) is 0 Å². The number of rotatable bonds is 5. The molecule has 0 saturated carbocycles. The van der Waals surface area contributed by atoms with Crippen molar-refractivity contribution in [2.24, 2.45) is 0 Å². The zero-order valence-corrected chi connectivity index (χ0v) is 9.64. The molecule has 0 saturated heterocycles. The highest BCUT2D eigenvalue weighted by Crippen LogP contribution is 2.21. The summed E-state index contributed by atoms with van der Waals surface area (Å²) in [6.07, 6.45) is 1.24. The van der Waals surface area contributed by atoms with Gasteiger partial charge in [0, 0.05) is 32.3 Å². The fourth-order valence-corrected chi connectivity index (χ4v) is 1.21. The van der Waals surface area contributed by atoms with E-state index in [9.17, 15) is 14.9 Å². The molecular weight excluding hydrogens is 238 g/mol. The number of nitro groups is 1. The van der Waals surface area contributed by atoms with Gasteiger partial charge in [-0.2, -0.15) is 5.26 Å². The van der Waals surface area contributed by atoms with Crippen LogP contribution in [-0.2, 0) is 4.79 Å². The van der Waals surface area contributed by atoms with E-state index in [0.717, 1.165) is 6.07 Å². The van der Waals surface area contributed by atoms with Crippen LogP contribution < -0.4 is 10.6 Å². The maximum absolute atomic E-state index is 10.8. The van der Waals surface area contributed by atoms with Crippen molar-refractivity contribution in [2.75, 3.05) is 18.4 Å². The molecule has 0 radical (unpaired) electrons. The zero-order valence-electron chi connectivity index (χ0n) is 9.64. The maximum Gasteiger partial charge on any atom is 0.312 e. The van der Waals surface area contributed by atoms with Gasteiger partial charge in [0.2, 0.25) is 11.7 Å². The molecule has 2 N–H and O–H groups in total. The quantitative estimate of drug-likeness (QED) is 0.443. The summed E-state index contributed by atoms with van der Waals surface area (Å²) in [6.45, 7) is 2.01. The second kappa shape index (κ2) is 6.15. The Morgan fingerprint density at radius 2 is 2.33 bits per heavy atom. The Morgan fingerprint density at radius 1 is 1.61 bits per heavy atom. The average molecular weight is 249 g/mol. The van der Waals surface area contributed by atoms with Gasteiger partial charge in [-0.15, -0.1) is 0 Å². The van der Waals surface area contributed by atoms with Crippen LogP contribution in [0.5, 0.6) is 0 Å². The van der Waals surface area contributed by atoms with Crippen LogP contribution in [0.25, 0.3) is 0 Å². The first-order valence-corrected chi connectivity index (χ1v) is 5.07. The van der Waals surface area contributed by atoms with Crippen molar-refractivity contribution in [1.29, 1.82) is 5.26 Å². The molecule has 1 aromatic rings. The third-order valence-electron chi connectivity index (χ3n) is 1.98. The van der Waals surface area contributed by atoms with Crippen LogP contribution in [0.2, 0.25) is 0 Å². The highest BCUT2D eigenvalue weighted by atomic mass is 16.6. The second-order valence-electron chi connectivity index (χ2n) is 3.37. The predicted octanol–water partition coefficient (Wildman–Crippen LogP) is 0.409. The smallest absolute Gasteiger partial charge is 0.312 e. The molecule has 0 aromatic carbocycles. The van der Waals surface area contributed by atoms with Gasteiger partial charge in [-0.3, -0.25) is 14.9 Å². The highest BCUT2D eigenvalue weighted by molar-refractivity contribution is 5.72. The number of amides is 1. The first-order valence-electron chi connectivity index (χ1n) is 5.07. The maximum atomic E-state index is 10.8. The number of carbonyl (C=O) groups excluding carboxylic acids is 1. The number of anilines is 1. The van der Waals surface area contributed by atoms with E-state index in [1.54, 1.807) is 6.07 Å². The summed E-state index contributed by atoms with van der Waals surface area (Å²) in [5, 5.41) is 24.7. The molecule has 0 aliphatic heterocycles. The normalized spacial score (nSPS) is 9.33. The van der Waals surface area contributed by atoms with E-state index in [-0.39, 0.29) is 23.0 Å². The lowest BCUT2D eigenvalue weighted by molar-refractivity contribution is -0.384. The number of hydrogen-bond acceptors (Lipinski definition) is 6. The third kappa shape index (κ3) is 3.71. The first kappa shape index (κ1) is 13.4. The van der Waals surface area contributed by atoms with Gasteiger partial charge in [0.25, 0.3) is 0 Å². The minimum absolute atomic E-state index is 0.0735. The molecule has 0 unspecified atom stereocenters. The summed E-state index contributed by atoms with van der Waals surface area (Å²) >= 11 is 0. The first-order chi connectivity index (χ1) is 8.54. The Hall–Kier alpha value is -2.69. The summed E-state index contributed by atoms with van der Waals surface area (Å²) < 4.78 is 0. The summed E-state index contributed by atoms with van der Waals surface area (Å²) in [5.41, 5.74) is -0.147. The Morgan fingerprint density at radius 3 is 2.89 bits per heavy atom. The molecule has 18 heavy (non-hydrogen) atoms. The van der Waals surface area contributed by atoms with Crippen molar-refractivity contribution >= 4 is 17.4 Å². The van der Waals surface area contributed by atoms with Gasteiger partial charge < -0.3 is 10.6 Å². The summed E-state index contributed by atoms with van der Waals surface area (Å²) in [5.74, 6) is -0.108. The van der Waals surface area contributed by atoms with Crippen molar-refractivity contribution in [2.45, 2.75) is 6.92 Å². The van der Waals surface area contributed by atoms with Crippen molar-refractivity contribution < 1.29 is 9.72 Å². The minimum Gasteiger partial charge on any atom is -0.363 e. The van der Waals surface area contributed by atoms with E-state index < -0.39 is 4.92 Å². The topological polar surface area (TPSA) is 121 Å². The summed E-state index contributed by atoms with van der Waals surface area (Å²) in [4.78, 5) is 24.6. The number of nitrogens with one attached hydrogen (secondary N) is 2. The molecule has 0 fully saturated rings. The monoisotopic (exact) mass is 249 g/mol. The number of pyridine rings is 1. The van der Waals surface area contributed by atoms with Crippen LogP contribution in [0.1, 0.15) is 12.5 Å². The molecule has 8 nitrogen and oxygen atoms in total. The van der Waals surface area contributed by atoms with E-state index >= 15 is 0 Å². The molecule has 1 heterocycles. The van der Waals surface area contributed by atoms with Crippen LogP contribution in [-0.4, -0.2) is 28.9 Å². The van der Waals surface area contributed by atoms with Gasteiger partial charge in [-0.25, -0.2) is 4.98 Å². The zero-order chi connectivity index (χ0) is 13.5. The van der Waals surface area contributed by atoms with Crippen LogP contribution in [0.15, 0.2) is 12.3 Å². The van der Waals surface area contributed by atoms with Crippen LogP contribution in [0.4, 0.5) is 11.5 Å². The van der Waals surface area contributed by atoms with E-state index in [1.807, 2.05) is 0 Å². The molecule has 0 bridgehead atoms. The molecule has 94 valence electrons. The van der Waals surface area contributed by atoms with Gasteiger partial charge in [-0.1, -0.05) is 0 Å². The van der Waals surface area contributed by atoms with E-state index in [0.29, 0.717) is 13.1 Å². The Labute approximate surface area is 103 Å². The highest BCUT2D eigenvalue weighted by Gasteiger charge is 2.15. The Kier molecular flexibility index (Phi) is 4.57. The predicted molar refractivity (Wildman–Crippen MR) is 62.8 cm³/mol. The van der Waals surface area contributed by atoms with Crippen molar-refractivity contribution in [1.82, 2.24) is 10.3 Å². The molecule has 0 aliphatic carbocycles. The lowest BCUT2D eigenvalue weighted by Crippen LogP contribution is -2.26. The van der Waals surface area contributed by atoms with Crippen molar-refractivity contribution in [3.05, 3.63) is 27.9 Å². The molecule has 0 spiro atoms. The summed E-state index contributed by atoms with van der Waals surface area (Å²) in [6, 6.07) is 2.93. The number of nitrogens with zero attached hydrogens (tertiary/aromatic N) is 3. The second-order valence-corrected chi connectivity index (χ2v) is 3.37. The third-order valence-corrected chi connectivity index (χ3v) is 1.98. The van der Waals surface area contributed by atoms with E-state index in [1.165, 1.54) is 13.1 Å². The lowest BCUT2D eigenvalue weighted by atomic mass is 10.3. The number of nitriles is 1. The van der Waals surface area contributed by atoms with Gasteiger partial charge in [-0.05, 0) is 0 Å². The largest absolute Gasteiger partial charge is 0.363 e. The fourth-order valence-electron chi connectivity index (χ4n) is 1.21. The molecule has 1 aromatic heterocycles. The Bertz CT molecular complexity index is 509. The lowest BCUT2D eigenvalue weighted by Gasteiger charge is -2.06. The molecular formula is C10H11N5O3. The fraction of sp³-hybridized carbons (Fsp3) is 0.300. The van der Waals surface area contributed by atoms with E-state index in [4.69, 9.17) is 5.26 Å². The summed E-state index contributed by atoms with van der Waals surface area (Å²) in [7, 11) is 0. The molecule has 1 amide bonds. The van der Waals surface area contributed by atoms with Crippen LogP contribution in [0, 0.1) is 21.4 Å². The van der Waals surface area contributed by atoms with Gasteiger partial charge in [0.05, 0.1) is 10.5 Å². The van der Waals surface area contributed by atoms with Gasteiger partial charge >= 0.3 is 5.69 Å². The van der Waals surface area contributed by atoms with Gasteiger partial charge in [0.15, 0.2) is 0 Å². The number of carbonyl (C=O) groups is 1. The van der Waals surface area contributed by atoms with Gasteiger partial charge in [0.1, 0.15) is 6.07 Å². The number of aromatic nitrogens is 1. The standard InChI is InChI=1S/C10H11N5O3/c1-7(16)12-2-3-13-10-9(15(17)18)4-8(5-11)6-14-10/h4,6H,2-3H2,1H3,(H,12,16)(H,13,14). The Balaban J connectivity index is 2.73. The van der Waals surface area contributed by atoms with Crippen molar-refractivity contribution in [3.8, 4) is 6.07 Å². The minimum atomic E-state index is -0.616. The average Bonchev–Trinajstić information content (AvgIpc) is 2.34. The molecule has 0 atom stereocenters. The number of hydrogen-bond donors (Lipinski definition) is 2. The molecule has 1 rings (SSSR count). The van der Waals surface area contributed by atoms with Crippen LogP contribution >= 0.6 is 0 Å². The van der Waals surface area contributed by atoms with Crippen LogP contribution in [0.3, 0.4) is 0 Å². The SMILES string of the molecule is CC(=O)NCCNc1ncc(C#N)cc1[N+](=O)[O-]. The molecule has 0 aliphatic rings. The van der Waals surface area contributed by atoms with E-state index in [2.05, 4.69) is 15.6 Å².